The maximum Gasteiger partial charge on any atom is 0.335 e. The van der Waals surface area contributed by atoms with Gasteiger partial charge in [-0.1, -0.05) is 11.6 Å². The van der Waals surface area contributed by atoms with Gasteiger partial charge in [0.2, 0.25) is 0 Å². The second kappa shape index (κ2) is 4.14. The number of benzene rings is 1. The summed E-state index contributed by atoms with van der Waals surface area (Å²) in [6.45, 7) is 2.70. The van der Waals surface area contributed by atoms with Crippen LogP contribution >= 0.6 is 11.6 Å². The minimum atomic E-state index is -0.968. The second-order valence-electron chi connectivity index (χ2n) is 2.53. The number of hydrogen-bond donors (Lipinski definition) is 2. The molecule has 0 aliphatic heterocycles. The number of carboxylic acid groups (broad SMARTS) is 1. The summed E-state index contributed by atoms with van der Waals surface area (Å²) in [7, 11) is 0. The van der Waals surface area contributed by atoms with Crippen LogP contribution in [0.25, 0.3) is 0 Å². The van der Waals surface area contributed by atoms with E-state index in [1.165, 1.54) is 12.1 Å². The second-order valence-corrected chi connectivity index (χ2v) is 2.94. The molecule has 0 bridgehead atoms. The van der Waals surface area contributed by atoms with Gasteiger partial charge in [-0.25, -0.2) is 4.79 Å². The normalized spacial score (nSPS) is 9.69. The van der Waals surface area contributed by atoms with Crippen LogP contribution in [0.2, 0.25) is 5.02 Å². The lowest BCUT2D eigenvalue weighted by atomic mass is 10.2. The number of rotatable bonds is 3. The number of carboxylic acids is 1. The highest BCUT2D eigenvalue weighted by atomic mass is 35.5. The number of aromatic carboxylic acids is 1. The van der Waals surface area contributed by atoms with Crippen molar-refractivity contribution in [3.63, 3.8) is 0 Å². The molecule has 3 nitrogen and oxygen atoms in total. The Hall–Kier alpha value is -1.22. The van der Waals surface area contributed by atoms with Crippen molar-refractivity contribution in [2.75, 3.05) is 11.9 Å². The minimum Gasteiger partial charge on any atom is -0.478 e. The average molecular weight is 200 g/mol. The Kier molecular flexibility index (Phi) is 3.14. The Bertz CT molecular complexity index is 325. The number of nitrogens with one attached hydrogen (secondary N) is 1. The van der Waals surface area contributed by atoms with Crippen LogP contribution in [0.4, 0.5) is 5.69 Å². The molecule has 0 fully saturated rings. The van der Waals surface area contributed by atoms with Crippen LogP contribution in [0.5, 0.6) is 0 Å². The molecule has 0 atom stereocenters. The van der Waals surface area contributed by atoms with Gasteiger partial charge in [0.25, 0.3) is 0 Å². The summed E-state index contributed by atoms with van der Waals surface area (Å²) in [6.07, 6.45) is 0. The molecule has 0 unspecified atom stereocenters. The monoisotopic (exact) mass is 199 g/mol. The lowest BCUT2D eigenvalue weighted by molar-refractivity contribution is 0.0697. The average Bonchev–Trinajstić information content (AvgIpc) is 2.08. The number of carbonyl (C=O) groups is 1. The van der Waals surface area contributed by atoms with Crippen LogP contribution < -0.4 is 5.32 Å². The van der Waals surface area contributed by atoms with Gasteiger partial charge in [-0.05, 0) is 25.1 Å². The van der Waals surface area contributed by atoms with Gasteiger partial charge >= 0.3 is 5.97 Å². The Morgan fingerprint density at radius 1 is 1.62 bits per heavy atom. The zero-order valence-corrected chi connectivity index (χ0v) is 7.93. The first-order valence-corrected chi connectivity index (χ1v) is 4.29. The number of halogens is 1. The van der Waals surface area contributed by atoms with E-state index in [4.69, 9.17) is 16.7 Å². The van der Waals surface area contributed by atoms with Crippen LogP contribution in [-0.4, -0.2) is 17.6 Å². The summed E-state index contributed by atoms with van der Waals surface area (Å²) in [4.78, 5) is 10.5. The smallest absolute Gasteiger partial charge is 0.335 e. The van der Waals surface area contributed by atoms with Crippen molar-refractivity contribution in [3.8, 4) is 0 Å². The maximum atomic E-state index is 10.5. The van der Waals surface area contributed by atoms with E-state index in [-0.39, 0.29) is 5.56 Å². The predicted molar refractivity (Wildman–Crippen MR) is 52.6 cm³/mol. The third kappa shape index (κ3) is 2.36. The first-order valence-electron chi connectivity index (χ1n) is 3.92. The summed E-state index contributed by atoms with van der Waals surface area (Å²) in [6, 6.07) is 4.61. The minimum absolute atomic E-state index is 0.201. The van der Waals surface area contributed by atoms with Crippen molar-refractivity contribution in [2.24, 2.45) is 0 Å². The van der Waals surface area contributed by atoms with Gasteiger partial charge < -0.3 is 10.4 Å². The van der Waals surface area contributed by atoms with Crippen molar-refractivity contribution in [1.29, 1.82) is 0 Å². The highest BCUT2D eigenvalue weighted by molar-refractivity contribution is 6.33. The topological polar surface area (TPSA) is 49.3 Å². The molecule has 0 aliphatic carbocycles. The fourth-order valence-electron chi connectivity index (χ4n) is 0.982. The van der Waals surface area contributed by atoms with Crippen molar-refractivity contribution < 1.29 is 9.90 Å². The molecule has 4 heteroatoms. The molecule has 0 heterocycles. The van der Waals surface area contributed by atoms with Crippen LogP contribution in [0.1, 0.15) is 17.3 Å². The van der Waals surface area contributed by atoms with Crippen LogP contribution in [0, 0.1) is 0 Å². The molecule has 13 heavy (non-hydrogen) atoms. The Morgan fingerprint density at radius 3 is 2.77 bits per heavy atom. The van der Waals surface area contributed by atoms with E-state index in [0.717, 1.165) is 12.2 Å². The van der Waals surface area contributed by atoms with E-state index in [9.17, 15) is 4.79 Å². The number of anilines is 1. The molecule has 70 valence electrons. The largest absolute Gasteiger partial charge is 0.478 e. The molecule has 0 aliphatic rings. The van der Waals surface area contributed by atoms with Gasteiger partial charge in [0.1, 0.15) is 0 Å². The highest BCUT2D eigenvalue weighted by Crippen LogP contribution is 2.22. The molecule has 1 rings (SSSR count). The summed E-state index contributed by atoms with van der Waals surface area (Å²) in [5, 5.41) is 12.1. The van der Waals surface area contributed by atoms with E-state index >= 15 is 0 Å². The first-order chi connectivity index (χ1) is 6.15. The molecule has 0 radical (unpaired) electrons. The molecule has 0 amide bonds. The van der Waals surface area contributed by atoms with Crippen molar-refractivity contribution in [2.45, 2.75) is 6.92 Å². The van der Waals surface area contributed by atoms with Crippen molar-refractivity contribution >= 4 is 23.3 Å². The molecule has 1 aromatic carbocycles. The lowest BCUT2D eigenvalue weighted by Gasteiger charge is -2.05. The van der Waals surface area contributed by atoms with Crippen molar-refractivity contribution in [1.82, 2.24) is 0 Å². The molecule has 1 aromatic rings. The van der Waals surface area contributed by atoms with Crippen LogP contribution in [0.15, 0.2) is 18.2 Å². The quantitative estimate of drug-likeness (QED) is 0.786. The lowest BCUT2D eigenvalue weighted by Crippen LogP contribution is -2.00. The summed E-state index contributed by atoms with van der Waals surface area (Å²) >= 11 is 5.83. The fourth-order valence-corrected chi connectivity index (χ4v) is 1.23. The van der Waals surface area contributed by atoms with Gasteiger partial charge in [0.15, 0.2) is 0 Å². The van der Waals surface area contributed by atoms with Crippen molar-refractivity contribution in [3.05, 3.63) is 28.8 Å². The molecular weight excluding hydrogens is 190 g/mol. The molecular formula is C9H10ClNO2. The van der Waals surface area contributed by atoms with E-state index in [0.29, 0.717) is 5.02 Å². The SMILES string of the molecule is CCNc1ccc(C(=O)O)cc1Cl. The predicted octanol–water partition coefficient (Wildman–Crippen LogP) is 2.47. The van der Waals surface area contributed by atoms with Gasteiger partial charge in [-0.2, -0.15) is 0 Å². The zero-order chi connectivity index (χ0) is 9.84. The van der Waals surface area contributed by atoms with Gasteiger partial charge in [-0.3, -0.25) is 0 Å². The zero-order valence-electron chi connectivity index (χ0n) is 7.17. The molecule has 0 saturated carbocycles. The highest BCUT2D eigenvalue weighted by Gasteiger charge is 2.05. The van der Waals surface area contributed by atoms with Gasteiger partial charge in [0, 0.05) is 6.54 Å². The third-order valence-corrected chi connectivity index (χ3v) is 1.90. The fraction of sp³-hybridized carbons (Fsp3) is 0.222. The molecule has 0 saturated heterocycles. The molecule has 0 spiro atoms. The van der Waals surface area contributed by atoms with Crippen LogP contribution in [-0.2, 0) is 0 Å². The van der Waals surface area contributed by atoms with E-state index < -0.39 is 5.97 Å². The molecule has 0 aromatic heterocycles. The van der Waals surface area contributed by atoms with E-state index in [1.807, 2.05) is 6.92 Å². The first kappa shape index (κ1) is 9.86. The van der Waals surface area contributed by atoms with E-state index in [2.05, 4.69) is 5.32 Å². The van der Waals surface area contributed by atoms with Gasteiger partial charge in [-0.15, -0.1) is 0 Å². The Balaban J connectivity index is 2.98. The summed E-state index contributed by atoms with van der Waals surface area (Å²) < 4.78 is 0. The van der Waals surface area contributed by atoms with E-state index in [1.54, 1.807) is 6.07 Å². The van der Waals surface area contributed by atoms with Crippen LogP contribution in [0.3, 0.4) is 0 Å². The Labute approximate surface area is 81.3 Å². The molecule has 2 N–H and O–H groups in total. The Morgan fingerprint density at radius 2 is 2.31 bits per heavy atom. The third-order valence-electron chi connectivity index (χ3n) is 1.58. The standard InChI is InChI=1S/C9H10ClNO2/c1-2-11-8-4-3-6(9(12)13)5-7(8)10/h3-5,11H,2H2,1H3,(H,12,13). The van der Waals surface area contributed by atoms with Gasteiger partial charge in [0.05, 0.1) is 16.3 Å². The summed E-state index contributed by atoms with van der Waals surface area (Å²) in [5.41, 5.74) is 0.959. The summed E-state index contributed by atoms with van der Waals surface area (Å²) in [5.74, 6) is -0.968. The maximum absolute atomic E-state index is 10.5. The number of hydrogen-bond acceptors (Lipinski definition) is 2.